The van der Waals surface area contributed by atoms with Gasteiger partial charge in [-0.1, -0.05) is 24.0 Å². The molecule has 28 heavy (non-hydrogen) atoms. The smallest absolute Gasteiger partial charge is 0.269 e. The second-order valence-electron chi connectivity index (χ2n) is 6.64. The molecular weight excluding hydrogens is 363 g/mol. The lowest BCUT2D eigenvalue weighted by Gasteiger charge is -2.32. The van der Waals surface area contributed by atoms with Gasteiger partial charge in [0.25, 0.3) is 11.8 Å². The number of amides is 2. The van der Waals surface area contributed by atoms with Gasteiger partial charge in [0, 0.05) is 30.8 Å². The molecule has 2 amide bonds. The van der Waals surface area contributed by atoms with Crippen molar-refractivity contribution in [2.24, 2.45) is 5.73 Å². The Morgan fingerprint density at radius 3 is 2.86 bits per heavy atom. The first kappa shape index (κ1) is 19.3. The number of anilines is 1. The quantitative estimate of drug-likeness (QED) is 0.666. The lowest BCUT2D eigenvalue weighted by atomic mass is 9.92. The average molecular weight is 382 g/mol. The molecule has 0 spiro atoms. The van der Waals surface area contributed by atoms with Crippen LogP contribution >= 0.6 is 0 Å². The summed E-state index contributed by atoms with van der Waals surface area (Å²) >= 11 is 0. The summed E-state index contributed by atoms with van der Waals surface area (Å²) in [5.41, 5.74) is 9.39. The molecule has 1 saturated heterocycles. The lowest BCUT2D eigenvalue weighted by Crippen LogP contribution is -2.51. The molecule has 2 heterocycles. The van der Waals surface area contributed by atoms with E-state index in [0.717, 1.165) is 6.07 Å². The fourth-order valence-corrected chi connectivity index (χ4v) is 3.03. The molecule has 1 aromatic carbocycles. The molecule has 1 aliphatic heterocycles. The van der Waals surface area contributed by atoms with Gasteiger partial charge in [-0.3, -0.25) is 9.59 Å². The van der Waals surface area contributed by atoms with Crippen molar-refractivity contribution in [3.05, 3.63) is 47.4 Å². The Kier molecular flexibility index (Phi) is 5.03. The molecule has 0 bridgehead atoms. The highest BCUT2D eigenvalue weighted by molar-refractivity contribution is 5.96. The number of carbonyl (C=O) groups is 2. The molecule has 1 fully saturated rings. The number of aromatic nitrogens is 1. The van der Waals surface area contributed by atoms with Crippen LogP contribution in [-0.2, 0) is 4.79 Å². The zero-order chi connectivity index (χ0) is 20.5. The predicted molar refractivity (Wildman–Crippen MR) is 101 cm³/mol. The second-order valence-corrected chi connectivity index (χ2v) is 6.64. The van der Waals surface area contributed by atoms with Crippen molar-refractivity contribution in [1.82, 2.24) is 9.88 Å². The number of aliphatic hydroxyl groups is 1. The summed E-state index contributed by atoms with van der Waals surface area (Å²) in [6.45, 7) is 0.572. The Balaban J connectivity index is 1.98. The molecule has 0 radical (unpaired) electrons. The zero-order valence-corrected chi connectivity index (χ0v) is 15.2. The third-order valence-electron chi connectivity index (χ3n) is 4.52. The fraction of sp³-hybridized carbons (Fsp3) is 0.250. The summed E-state index contributed by atoms with van der Waals surface area (Å²) < 4.78 is 14.3. The highest BCUT2D eigenvalue weighted by Gasteiger charge is 2.39. The number of hydrogen-bond acceptors (Lipinski definition) is 5. The van der Waals surface area contributed by atoms with Gasteiger partial charge in [-0.15, -0.1) is 0 Å². The van der Waals surface area contributed by atoms with Crippen LogP contribution in [0, 0.1) is 17.7 Å². The van der Waals surface area contributed by atoms with Gasteiger partial charge < -0.3 is 21.5 Å². The molecule has 2 aromatic rings. The van der Waals surface area contributed by atoms with Crippen LogP contribution in [-0.4, -0.2) is 46.0 Å². The topological polar surface area (TPSA) is 123 Å². The van der Waals surface area contributed by atoms with Crippen LogP contribution in [0.3, 0.4) is 0 Å². The number of carbonyl (C=O) groups excluding carboxylic acids is 2. The van der Waals surface area contributed by atoms with Crippen LogP contribution in [0.15, 0.2) is 30.3 Å². The Hall–Kier alpha value is -3.44. The third kappa shape index (κ3) is 3.66. The van der Waals surface area contributed by atoms with Crippen LogP contribution in [0.2, 0.25) is 0 Å². The predicted octanol–water partition coefficient (Wildman–Crippen LogP) is 0.904. The van der Waals surface area contributed by atoms with Gasteiger partial charge in [0.2, 0.25) is 5.60 Å². The maximum Gasteiger partial charge on any atom is 0.269 e. The SMILES string of the molecule is CN1CCC[C@@](O)(C#Cc2cccc(-c3nc(C(N)=O)c(N)cc3F)c2)C1=O. The number of nitrogen functional groups attached to an aromatic ring is 1. The molecule has 0 aliphatic carbocycles. The van der Waals surface area contributed by atoms with Crippen LogP contribution < -0.4 is 11.5 Å². The molecule has 5 N–H and O–H groups in total. The van der Waals surface area contributed by atoms with E-state index in [1.54, 1.807) is 31.3 Å². The Labute approximate surface area is 161 Å². The van der Waals surface area contributed by atoms with Crippen LogP contribution in [0.1, 0.15) is 28.9 Å². The standard InChI is InChI=1S/C20H19FN4O3/c1-25-9-3-7-20(28,19(25)27)8-6-12-4-2-5-13(10-12)16-14(21)11-15(22)17(24-16)18(23)26/h2,4-5,10-11,28H,3,7,9,22H2,1H3,(H2,23,26)/t20-/m1/s1. The summed E-state index contributed by atoms with van der Waals surface area (Å²) in [7, 11) is 1.61. The average Bonchev–Trinajstić information content (AvgIpc) is 2.64. The van der Waals surface area contributed by atoms with Gasteiger partial charge in [-0.05, 0) is 25.0 Å². The molecular formula is C20H19FN4O3. The summed E-state index contributed by atoms with van der Waals surface area (Å²) in [6, 6.07) is 7.40. The van der Waals surface area contributed by atoms with E-state index in [-0.39, 0.29) is 23.5 Å². The minimum atomic E-state index is -1.74. The minimum Gasteiger partial charge on any atom is -0.397 e. The van der Waals surface area contributed by atoms with E-state index < -0.39 is 23.2 Å². The van der Waals surface area contributed by atoms with Crippen molar-refractivity contribution in [1.29, 1.82) is 0 Å². The van der Waals surface area contributed by atoms with Gasteiger partial charge in [-0.2, -0.15) is 0 Å². The Morgan fingerprint density at radius 2 is 2.14 bits per heavy atom. The van der Waals surface area contributed by atoms with Crippen LogP contribution in [0.5, 0.6) is 0 Å². The zero-order valence-electron chi connectivity index (χ0n) is 15.2. The Bertz CT molecular complexity index is 1030. The molecule has 1 aliphatic rings. The number of rotatable bonds is 2. The molecule has 0 saturated carbocycles. The number of pyridine rings is 1. The number of nitrogens with zero attached hydrogens (tertiary/aromatic N) is 2. The van der Waals surface area contributed by atoms with Gasteiger partial charge >= 0.3 is 0 Å². The van der Waals surface area contributed by atoms with E-state index in [9.17, 15) is 19.1 Å². The van der Waals surface area contributed by atoms with Gasteiger partial charge in [0.1, 0.15) is 5.69 Å². The summed E-state index contributed by atoms with van der Waals surface area (Å²) in [5, 5.41) is 10.5. The van der Waals surface area contributed by atoms with Crippen molar-refractivity contribution in [2.75, 3.05) is 19.3 Å². The number of primary amides is 1. The van der Waals surface area contributed by atoms with Crippen LogP contribution in [0.4, 0.5) is 10.1 Å². The first-order chi connectivity index (χ1) is 13.2. The third-order valence-corrected chi connectivity index (χ3v) is 4.52. The fourth-order valence-electron chi connectivity index (χ4n) is 3.03. The summed E-state index contributed by atoms with van der Waals surface area (Å²) in [4.78, 5) is 29.0. The molecule has 8 heteroatoms. The molecule has 1 aromatic heterocycles. The largest absolute Gasteiger partial charge is 0.397 e. The van der Waals surface area contributed by atoms with E-state index in [0.29, 0.717) is 24.1 Å². The number of halogens is 1. The second kappa shape index (κ2) is 7.29. The van der Waals surface area contributed by atoms with E-state index in [1.165, 1.54) is 4.90 Å². The van der Waals surface area contributed by atoms with Crippen LogP contribution in [0.25, 0.3) is 11.3 Å². The number of benzene rings is 1. The van der Waals surface area contributed by atoms with Crippen molar-refractivity contribution in [2.45, 2.75) is 18.4 Å². The van der Waals surface area contributed by atoms with Crippen molar-refractivity contribution in [3.8, 4) is 23.1 Å². The van der Waals surface area contributed by atoms with Crippen molar-refractivity contribution < 1.29 is 19.1 Å². The minimum absolute atomic E-state index is 0.0983. The van der Waals surface area contributed by atoms with E-state index in [2.05, 4.69) is 16.8 Å². The maximum atomic E-state index is 14.3. The normalized spacial score (nSPS) is 19.1. The lowest BCUT2D eigenvalue weighted by molar-refractivity contribution is -0.148. The van der Waals surface area contributed by atoms with Crippen molar-refractivity contribution >= 4 is 17.5 Å². The molecule has 144 valence electrons. The maximum absolute atomic E-state index is 14.3. The molecule has 7 nitrogen and oxygen atoms in total. The number of nitrogens with two attached hydrogens (primary N) is 2. The highest BCUT2D eigenvalue weighted by atomic mass is 19.1. The highest BCUT2D eigenvalue weighted by Crippen LogP contribution is 2.25. The van der Waals surface area contributed by atoms with E-state index in [4.69, 9.17) is 11.5 Å². The van der Waals surface area contributed by atoms with Gasteiger partial charge in [0.05, 0.1) is 5.69 Å². The first-order valence-corrected chi connectivity index (χ1v) is 8.58. The Morgan fingerprint density at radius 1 is 1.39 bits per heavy atom. The number of piperidine rings is 1. The summed E-state index contributed by atoms with van der Waals surface area (Å²) in [6.07, 6.45) is 0.892. The van der Waals surface area contributed by atoms with E-state index >= 15 is 0 Å². The molecule has 1 atom stereocenters. The van der Waals surface area contributed by atoms with Gasteiger partial charge in [0.15, 0.2) is 11.5 Å². The number of likely N-dealkylation sites (N-methyl/N-ethyl adjacent to an activating group) is 1. The van der Waals surface area contributed by atoms with Gasteiger partial charge in [-0.25, -0.2) is 9.37 Å². The summed E-state index contributed by atoms with van der Waals surface area (Å²) in [5.74, 6) is 3.38. The van der Waals surface area contributed by atoms with E-state index in [1.807, 2.05) is 0 Å². The van der Waals surface area contributed by atoms with Crippen molar-refractivity contribution in [3.63, 3.8) is 0 Å². The number of likely N-dealkylation sites (tertiary alicyclic amines) is 1. The monoisotopic (exact) mass is 382 g/mol. The number of hydrogen-bond donors (Lipinski definition) is 3. The first-order valence-electron chi connectivity index (χ1n) is 8.58. The molecule has 3 rings (SSSR count). The molecule has 0 unspecified atom stereocenters.